The molecule has 0 saturated heterocycles. The lowest BCUT2D eigenvalue weighted by Gasteiger charge is -2.10. The summed E-state index contributed by atoms with van der Waals surface area (Å²) in [4.78, 5) is 12.1. The van der Waals surface area contributed by atoms with Gasteiger partial charge in [0.1, 0.15) is 0 Å². The molecule has 498 valence electrons. The zero-order chi connectivity index (χ0) is 59.6. The Labute approximate surface area is 526 Å². The Kier molecular flexibility index (Phi) is 77.0. The van der Waals surface area contributed by atoms with E-state index in [1.54, 1.807) is 0 Å². The van der Waals surface area contributed by atoms with Crippen LogP contribution in [0.5, 0.6) is 0 Å². The van der Waals surface area contributed by atoms with Gasteiger partial charge in [0.05, 0.1) is 12.7 Å². The maximum absolute atomic E-state index is 12.1. The van der Waals surface area contributed by atoms with E-state index in [-0.39, 0.29) is 12.1 Å². The van der Waals surface area contributed by atoms with Crippen LogP contribution in [-0.4, -0.2) is 23.8 Å². The molecular weight excluding hydrogens is 1010 g/mol. The van der Waals surface area contributed by atoms with Crippen molar-refractivity contribution in [2.24, 2.45) is 0 Å². The Bertz CT molecular complexity index is 1120. The first-order chi connectivity index (χ1) is 41.2. The van der Waals surface area contributed by atoms with E-state index >= 15 is 0 Å². The van der Waals surface area contributed by atoms with Crippen molar-refractivity contribution in [3.8, 4) is 0 Å². The third kappa shape index (κ3) is 77.5. The third-order valence-corrected chi connectivity index (χ3v) is 19.3. The molecular formula is C80H160O3. The Balaban J connectivity index is 3.13. The standard InChI is InChI=1S/C80H160O3/c1-3-5-7-9-10-11-12-13-14-15-16-17-18-19-20-21-22-23-24-25-26-27-28-29-30-31-32-33-34-35-36-37-38-39-40-41-42-43-44-45-46-47-48-49-50-51-52-53-54-55-56-57-58-59-60-61-64-67-70-74-78-83-80(82)77-73-69-66-63-62-65-68-72-76-79(81)75-71-8-6-4-2/h79,81H,3-78H2,1-2H3. The Morgan fingerprint density at radius 2 is 0.361 bits per heavy atom. The number of esters is 1. The molecule has 0 aliphatic carbocycles. The van der Waals surface area contributed by atoms with Crippen molar-refractivity contribution in [1.82, 2.24) is 0 Å². The lowest BCUT2D eigenvalue weighted by atomic mass is 10.0. The van der Waals surface area contributed by atoms with Gasteiger partial charge in [0, 0.05) is 6.42 Å². The van der Waals surface area contributed by atoms with Crippen molar-refractivity contribution in [2.75, 3.05) is 6.61 Å². The average molecular weight is 1170 g/mol. The molecule has 0 rings (SSSR count). The van der Waals surface area contributed by atoms with Crippen LogP contribution in [0.3, 0.4) is 0 Å². The van der Waals surface area contributed by atoms with Crippen molar-refractivity contribution < 1.29 is 14.6 Å². The first-order valence-electron chi connectivity index (χ1n) is 40.0. The molecule has 0 radical (unpaired) electrons. The largest absolute Gasteiger partial charge is 0.466 e. The summed E-state index contributed by atoms with van der Waals surface area (Å²) in [6, 6.07) is 0. The molecule has 1 atom stereocenters. The zero-order valence-electron chi connectivity index (χ0n) is 58.1. The molecule has 0 aliphatic rings. The molecule has 1 N–H and O–H groups in total. The summed E-state index contributed by atoms with van der Waals surface area (Å²) in [6.07, 6.45) is 105. The highest BCUT2D eigenvalue weighted by molar-refractivity contribution is 5.69. The van der Waals surface area contributed by atoms with Crippen LogP contribution in [0.15, 0.2) is 0 Å². The van der Waals surface area contributed by atoms with E-state index in [0.717, 1.165) is 32.1 Å². The van der Waals surface area contributed by atoms with E-state index < -0.39 is 0 Å². The fraction of sp³-hybridized carbons (Fsp3) is 0.988. The van der Waals surface area contributed by atoms with Gasteiger partial charge < -0.3 is 9.84 Å². The van der Waals surface area contributed by atoms with E-state index in [2.05, 4.69) is 13.8 Å². The molecule has 0 spiro atoms. The number of ether oxygens (including phenoxy) is 1. The average Bonchev–Trinajstić information content (AvgIpc) is 3.49. The number of carbonyl (C=O) groups is 1. The van der Waals surface area contributed by atoms with Gasteiger partial charge in [-0.25, -0.2) is 0 Å². The number of aliphatic hydroxyl groups excluding tert-OH is 1. The molecule has 3 nitrogen and oxygen atoms in total. The van der Waals surface area contributed by atoms with Crippen LogP contribution in [0, 0.1) is 0 Å². The minimum atomic E-state index is -0.0807. The summed E-state index contributed by atoms with van der Waals surface area (Å²) >= 11 is 0. The highest BCUT2D eigenvalue weighted by Gasteiger charge is 2.06. The number of carbonyl (C=O) groups excluding carboxylic acids is 1. The van der Waals surface area contributed by atoms with Gasteiger partial charge in [-0.05, 0) is 25.7 Å². The normalized spacial score (nSPS) is 12.1. The van der Waals surface area contributed by atoms with E-state index in [1.165, 1.54) is 443 Å². The van der Waals surface area contributed by atoms with Crippen molar-refractivity contribution >= 4 is 5.97 Å². The van der Waals surface area contributed by atoms with Crippen LogP contribution in [0.2, 0.25) is 0 Å². The lowest BCUT2D eigenvalue weighted by Crippen LogP contribution is -2.06. The number of aliphatic hydroxyl groups is 1. The van der Waals surface area contributed by atoms with Crippen molar-refractivity contribution in [3.05, 3.63) is 0 Å². The first kappa shape index (κ1) is 82.4. The summed E-state index contributed by atoms with van der Waals surface area (Å²) in [7, 11) is 0. The van der Waals surface area contributed by atoms with Gasteiger partial charge >= 0.3 is 5.97 Å². The second kappa shape index (κ2) is 77.5. The minimum Gasteiger partial charge on any atom is -0.466 e. The van der Waals surface area contributed by atoms with Gasteiger partial charge in [-0.2, -0.15) is 0 Å². The van der Waals surface area contributed by atoms with Crippen LogP contribution >= 0.6 is 0 Å². The third-order valence-electron chi connectivity index (χ3n) is 19.3. The van der Waals surface area contributed by atoms with Gasteiger partial charge in [-0.1, -0.05) is 463 Å². The monoisotopic (exact) mass is 1170 g/mol. The summed E-state index contributed by atoms with van der Waals surface area (Å²) in [5.41, 5.74) is 0. The Hall–Kier alpha value is -0.570. The summed E-state index contributed by atoms with van der Waals surface area (Å²) in [5, 5.41) is 10.1. The maximum atomic E-state index is 12.1. The number of unbranched alkanes of at least 4 members (excludes halogenated alkanes) is 69. The SMILES string of the molecule is CCCCCCCCCCCCCCCCCCCCCCCCCCCCCCCCCCCCCCCCCCCCCCCCCCCCCCCCCCCCCCOC(=O)CCCCCCCCCCC(O)CCCCCC. The van der Waals surface area contributed by atoms with Gasteiger partial charge in [0.15, 0.2) is 0 Å². The molecule has 0 aromatic heterocycles. The van der Waals surface area contributed by atoms with Gasteiger partial charge in [0.25, 0.3) is 0 Å². The predicted octanol–water partition coefficient (Wildman–Crippen LogP) is 29.2. The lowest BCUT2D eigenvalue weighted by molar-refractivity contribution is -0.143. The van der Waals surface area contributed by atoms with E-state index in [1.807, 2.05) is 0 Å². The van der Waals surface area contributed by atoms with Crippen LogP contribution in [0.1, 0.15) is 495 Å². The maximum Gasteiger partial charge on any atom is 0.305 e. The smallest absolute Gasteiger partial charge is 0.305 e. The molecule has 0 fully saturated rings. The van der Waals surface area contributed by atoms with Crippen LogP contribution in [0.4, 0.5) is 0 Å². The van der Waals surface area contributed by atoms with Crippen LogP contribution in [0.25, 0.3) is 0 Å². The zero-order valence-corrected chi connectivity index (χ0v) is 58.1. The highest BCUT2D eigenvalue weighted by atomic mass is 16.5. The van der Waals surface area contributed by atoms with Crippen LogP contribution in [-0.2, 0) is 9.53 Å². The first-order valence-corrected chi connectivity index (χ1v) is 40.0. The Morgan fingerprint density at radius 3 is 0.554 bits per heavy atom. The van der Waals surface area contributed by atoms with Gasteiger partial charge in [-0.15, -0.1) is 0 Å². The molecule has 0 aromatic carbocycles. The van der Waals surface area contributed by atoms with Crippen LogP contribution < -0.4 is 0 Å². The second-order valence-corrected chi connectivity index (χ2v) is 28.0. The molecule has 0 aliphatic heterocycles. The molecule has 3 heteroatoms. The molecule has 1 unspecified atom stereocenters. The quantitative estimate of drug-likeness (QED) is 0.0488. The van der Waals surface area contributed by atoms with E-state index in [9.17, 15) is 9.90 Å². The number of hydrogen-bond donors (Lipinski definition) is 1. The fourth-order valence-electron chi connectivity index (χ4n) is 13.3. The van der Waals surface area contributed by atoms with E-state index in [0.29, 0.717) is 13.0 Å². The van der Waals surface area contributed by atoms with Gasteiger partial charge in [-0.3, -0.25) is 4.79 Å². The minimum absolute atomic E-state index is 0.0106. The van der Waals surface area contributed by atoms with E-state index in [4.69, 9.17) is 4.74 Å². The topological polar surface area (TPSA) is 46.5 Å². The summed E-state index contributed by atoms with van der Waals surface area (Å²) in [6.45, 7) is 5.17. The second-order valence-electron chi connectivity index (χ2n) is 28.0. The summed E-state index contributed by atoms with van der Waals surface area (Å²) < 4.78 is 5.50. The predicted molar refractivity (Wildman–Crippen MR) is 375 cm³/mol. The Morgan fingerprint density at radius 1 is 0.217 bits per heavy atom. The van der Waals surface area contributed by atoms with Crippen molar-refractivity contribution in [3.63, 3.8) is 0 Å². The molecule has 83 heavy (non-hydrogen) atoms. The highest BCUT2D eigenvalue weighted by Crippen LogP contribution is 2.21. The molecule has 0 saturated carbocycles. The fourth-order valence-corrected chi connectivity index (χ4v) is 13.3. The summed E-state index contributed by atoms with van der Waals surface area (Å²) in [5.74, 6) is 0.0106. The van der Waals surface area contributed by atoms with Gasteiger partial charge in [0.2, 0.25) is 0 Å². The molecule has 0 amide bonds. The molecule has 0 heterocycles. The van der Waals surface area contributed by atoms with Crippen molar-refractivity contribution in [1.29, 1.82) is 0 Å². The molecule has 0 bridgehead atoms. The molecule has 0 aromatic rings. The van der Waals surface area contributed by atoms with Crippen molar-refractivity contribution in [2.45, 2.75) is 502 Å². The number of hydrogen-bond acceptors (Lipinski definition) is 3. The number of rotatable bonds is 77.